The molecular weight excluding hydrogens is 364 g/mol. The van der Waals surface area contributed by atoms with E-state index < -0.39 is 0 Å². The third-order valence-electron chi connectivity index (χ3n) is 7.13. The molecule has 2 aromatic carbocycles. The molecule has 2 aliphatic rings. The zero-order valence-electron chi connectivity index (χ0n) is 19.1. The van der Waals surface area contributed by atoms with Gasteiger partial charge >= 0.3 is 0 Å². The molecule has 0 amide bonds. The topological polar surface area (TPSA) is 6.25 Å². The van der Waals surface area contributed by atoms with Gasteiger partial charge in [0, 0.05) is 44.3 Å². The van der Waals surface area contributed by atoms with Gasteiger partial charge in [-0.25, -0.2) is 4.58 Å². The van der Waals surface area contributed by atoms with E-state index in [1.165, 1.54) is 48.3 Å². The second-order valence-corrected chi connectivity index (χ2v) is 9.85. The molecule has 1 fully saturated rings. The van der Waals surface area contributed by atoms with Crippen LogP contribution in [-0.2, 0) is 13.0 Å². The number of nitrogens with zero attached hydrogens (tertiary/aromatic N) is 2. The first-order valence-electron chi connectivity index (χ1n) is 11.6. The fourth-order valence-electron chi connectivity index (χ4n) is 5.00. The zero-order valence-corrected chi connectivity index (χ0v) is 19.1. The molecule has 0 N–H and O–H groups in total. The summed E-state index contributed by atoms with van der Waals surface area (Å²) in [6.45, 7) is 12.8. The van der Waals surface area contributed by atoms with Crippen molar-refractivity contribution in [2.75, 3.05) is 13.1 Å². The van der Waals surface area contributed by atoms with Crippen LogP contribution in [0.1, 0.15) is 63.1 Å². The molecule has 0 radical (unpaired) electrons. The lowest BCUT2D eigenvalue weighted by Crippen LogP contribution is -2.50. The average molecular weight is 402 g/mol. The maximum atomic E-state index is 2.64. The Kier molecular flexibility index (Phi) is 6.13. The van der Waals surface area contributed by atoms with Gasteiger partial charge in [0.15, 0.2) is 18.3 Å². The van der Waals surface area contributed by atoms with E-state index in [9.17, 15) is 0 Å². The predicted molar refractivity (Wildman–Crippen MR) is 127 cm³/mol. The van der Waals surface area contributed by atoms with Gasteiger partial charge in [-0.1, -0.05) is 68.4 Å². The summed E-state index contributed by atoms with van der Waals surface area (Å²) in [6.07, 6.45) is 8.49. The third kappa shape index (κ3) is 4.38. The van der Waals surface area contributed by atoms with E-state index >= 15 is 0 Å². The molecule has 1 unspecified atom stereocenters. The minimum absolute atomic E-state index is 0.0548. The standard InChI is InChI=1S/C28H37N2/c1-22(2)25-14-12-23(13-15-25)20-26-27(29-17-8-9-18-29)16-19-30(28(26,3)4)21-24-10-6-5-7-11-24/h5-7,10-16,19,22,26H,8-9,17-18,20-21H2,1-4H3/q+1. The molecule has 4 rings (SSSR count). The molecule has 2 heterocycles. The number of hydrogen-bond acceptors (Lipinski definition) is 1. The lowest BCUT2D eigenvalue weighted by Gasteiger charge is -2.39. The van der Waals surface area contributed by atoms with E-state index in [0.29, 0.717) is 11.8 Å². The van der Waals surface area contributed by atoms with Crippen LogP contribution >= 0.6 is 0 Å². The minimum Gasteiger partial charge on any atom is -0.374 e. The number of rotatable bonds is 6. The van der Waals surface area contributed by atoms with Crippen LogP contribution in [0.15, 0.2) is 66.4 Å². The number of hydrogen-bond donors (Lipinski definition) is 0. The number of benzene rings is 2. The summed E-state index contributed by atoms with van der Waals surface area (Å²) in [5, 5.41) is 0. The van der Waals surface area contributed by atoms with Crippen molar-refractivity contribution in [1.82, 2.24) is 4.90 Å². The molecule has 158 valence electrons. The second-order valence-electron chi connectivity index (χ2n) is 9.85. The van der Waals surface area contributed by atoms with Crippen LogP contribution in [0.25, 0.3) is 0 Å². The fourth-order valence-corrected chi connectivity index (χ4v) is 5.00. The van der Waals surface area contributed by atoms with E-state index in [0.717, 1.165) is 13.0 Å². The van der Waals surface area contributed by atoms with Crippen LogP contribution in [0.2, 0.25) is 0 Å². The van der Waals surface area contributed by atoms with Crippen molar-refractivity contribution in [3.63, 3.8) is 0 Å². The van der Waals surface area contributed by atoms with Gasteiger partial charge in [-0.3, -0.25) is 0 Å². The van der Waals surface area contributed by atoms with Gasteiger partial charge in [0.1, 0.15) is 0 Å². The van der Waals surface area contributed by atoms with Crippen molar-refractivity contribution in [3.8, 4) is 0 Å². The van der Waals surface area contributed by atoms with Crippen molar-refractivity contribution in [2.24, 2.45) is 5.92 Å². The summed E-state index contributed by atoms with van der Waals surface area (Å²) in [5.74, 6) is 1.07. The average Bonchev–Trinajstić information content (AvgIpc) is 3.27. The van der Waals surface area contributed by atoms with Crippen molar-refractivity contribution in [2.45, 2.75) is 65.0 Å². The highest BCUT2D eigenvalue weighted by atomic mass is 15.2. The van der Waals surface area contributed by atoms with E-state index in [2.05, 4.69) is 104 Å². The molecule has 2 aliphatic heterocycles. The SMILES string of the molecule is CC(C)c1ccc(CC2C(N3CCCC3)=CC=[N+](Cc3ccccc3)C2(C)C)cc1. The summed E-state index contributed by atoms with van der Waals surface area (Å²) >= 11 is 0. The Hall–Kier alpha value is -2.35. The molecule has 0 saturated carbocycles. The highest BCUT2D eigenvalue weighted by Crippen LogP contribution is 2.37. The maximum absolute atomic E-state index is 2.64. The molecule has 0 bridgehead atoms. The van der Waals surface area contributed by atoms with Gasteiger partial charge in [0.05, 0.1) is 5.92 Å². The first kappa shape index (κ1) is 20.9. The molecule has 30 heavy (non-hydrogen) atoms. The van der Waals surface area contributed by atoms with Crippen LogP contribution in [0.5, 0.6) is 0 Å². The Morgan fingerprint density at radius 1 is 0.933 bits per heavy atom. The minimum atomic E-state index is 0.0548. The highest BCUT2D eigenvalue weighted by molar-refractivity contribution is 5.69. The third-order valence-corrected chi connectivity index (χ3v) is 7.13. The predicted octanol–water partition coefficient (Wildman–Crippen LogP) is 6.02. The largest absolute Gasteiger partial charge is 0.374 e. The lowest BCUT2D eigenvalue weighted by molar-refractivity contribution is -0.621. The molecule has 1 atom stereocenters. The van der Waals surface area contributed by atoms with Gasteiger partial charge < -0.3 is 4.90 Å². The van der Waals surface area contributed by atoms with E-state index in [-0.39, 0.29) is 5.54 Å². The monoisotopic (exact) mass is 401 g/mol. The molecule has 2 aromatic rings. The van der Waals surface area contributed by atoms with Gasteiger partial charge in [-0.05, 0) is 36.3 Å². The Morgan fingerprint density at radius 3 is 2.23 bits per heavy atom. The van der Waals surface area contributed by atoms with Gasteiger partial charge in [0.2, 0.25) is 0 Å². The van der Waals surface area contributed by atoms with Crippen molar-refractivity contribution >= 4 is 6.21 Å². The van der Waals surface area contributed by atoms with Crippen LogP contribution in [0, 0.1) is 5.92 Å². The summed E-state index contributed by atoms with van der Waals surface area (Å²) in [7, 11) is 0. The van der Waals surface area contributed by atoms with Crippen LogP contribution in [-0.4, -0.2) is 34.3 Å². The lowest BCUT2D eigenvalue weighted by atomic mass is 9.77. The summed E-state index contributed by atoms with van der Waals surface area (Å²) in [6, 6.07) is 20.2. The zero-order chi connectivity index (χ0) is 21.1. The maximum Gasteiger partial charge on any atom is 0.168 e. The Morgan fingerprint density at radius 2 is 1.60 bits per heavy atom. The molecule has 0 aromatic heterocycles. The van der Waals surface area contributed by atoms with Gasteiger partial charge in [-0.2, -0.15) is 0 Å². The first-order valence-corrected chi connectivity index (χ1v) is 11.6. The van der Waals surface area contributed by atoms with E-state index in [4.69, 9.17) is 0 Å². The number of allylic oxidation sites excluding steroid dienone is 1. The van der Waals surface area contributed by atoms with Gasteiger partial charge in [0.25, 0.3) is 0 Å². The van der Waals surface area contributed by atoms with Crippen molar-refractivity contribution in [3.05, 3.63) is 83.1 Å². The summed E-state index contributed by atoms with van der Waals surface area (Å²) in [5.41, 5.74) is 5.84. The fraction of sp³-hybridized carbons (Fsp3) is 0.464. The quantitative estimate of drug-likeness (QED) is 0.536. The van der Waals surface area contributed by atoms with Crippen LogP contribution in [0.3, 0.4) is 0 Å². The number of likely N-dealkylation sites (tertiary alicyclic amines) is 1. The Labute approximate surface area is 182 Å². The molecule has 0 aliphatic carbocycles. The first-order chi connectivity index (χ1) is 14.4. The molecule has 2 heteroatoms. The molecule has 2 nitrogen and oxygen atoms in total. The summed E-state index contributed by atoms with van der Waals surface area (Å²) < 4.78 is 2.55. The molecule has 0 spiro atoms. The molecule has 1 saturated heterocycles. The van der Waals surface area contributed by atoms with Crippen LogP contribution in [0.4, 0.5) is 0 Å². The van der Waals surface area contributed by atoms with E-state index in [1.54, 1.807) is 0 Å². The Balaban J connectivity index is 1.64. The molecular formula is C28H37N2+. The second kappa shape index (κ2) is 8.79. The van der Waals surface area contributed by atoms with Crippen LogP contribution < -0.4 is 0 Å². The Bertz CT molecular complexity index is 897. The normalized spacial score (nSPS) is 21.0. The van der Waals surface area contributed by atoms with E-state index in [1.807, 2.05) is 0 Å². The smallest absolute Gasteiger partial charge is 0.168 e. The van der Waals surface area contributed by atoms with Crippen molar-refractivity contribution in [1.29, 1.82) is 0 Å². The highest BCUT2D eigenvalue weighted by Gasteiger charge is 2.45. The van der Waals surface area contributed by atoms with Gasteiger partial charge in [-0.15, -0.1) is 0 Å². The summed E-state index contributed by atoms with van der Waals surface area (Å²) in [4.78, 5) is 2.64. The van der Waals surface area contributed by atoms with Crippen molar-refractivity contribution < 1.29 is 4.58 Å².